The first-order valence-electron chi connectivity index (χ1n) is 8.89. The van der Waals surface area contributed by atoms with Crippen LogP contribution in [-0.2, 0) is 18.4 Å². The lowest BCUT2D eigenvalue weighted by atomic mass is 10.1. The molecule has 0 atom stereocenters. The molecule has 0 saturated heterocycles. The fourth-order valence-electron chi connectivity index (χ4n) is 2.57. The number of furan rings is 1. The average molecular weight is 461 g/mol. The lowest BCUT2D eigenvalue weighted by molar-refractivity contribution is -0.113. The summed E-state index contributed by atoms with van der Waals surface area (Å²) >= 11 is 8.65. The molecule has 3 heterocycles. The van der Waals surface area contributed by atoms with E-state index < -0.39 is 0 Å². The molecular formula is C19H17ClN6O2S2. The van der Waals surface area contributed by atoms with Crippen molar-refractivity contribution in [1.29, 1.82) is 0 Å². The highest BCUT2D eigenvalue weighted by Crippen LogP contribution is 2.27. The molecule has 0 aliphatic rings. The van der Waals surface area contributed by atoms with E-state index in [-0.39, 0.29) is 11.7 Å². The monoisotopic (exact) mass is 460 g/mol. The van der Waals surface area contributed by atoms with Gasteiger partial charge in [0.05, 0.1) is 24.3 Å². The van der Waals surface area contributed by atoms with Crippen LogP contribution >= 0.6 is 34.7 Å². The Balaban J connectivity index is 1.29. The summed E-state index contributed by atoms with van der Waals surface area (Å²) in [4.78, 5) is 12.4. The van der Waals surface area contributed by atoms with Gasteiger partial charge in [0, 0.05) is 23.7 Å². The van der Waals surface area contributed by atoms with Gasteiger partial charge < -0.3 is 15.1 Å². The zero-order valence-electron chi connectivity index (χ0n) is 15.8. The van der Waals surface area contributed by atoms with Gasteiger partial charge in [0.15, 0.2) is 4.34 Å². The molecule has 0 fully saturated rings. The quantitative estimate of drug-likeness (QED) is 0.373. The van der Waals surface area contributed by atoms with E-state index in [9.17, 15) is 4.79 Å². The molecular weight excluding hydrogens is 444 g/mol. The van der Waals surface area contributed by atoms with Crippen LogP contribution in [0, 0.1) is 0 Å². The van der Waals surface area contributed by atoms with Gasteiger partial charge in [0.25, 0.3) is 0 Å². The van der Waals surface area contributed by atoms with Gasteiger partial charge in [0.2, 0.25) is 11.0 Å². The molecule has 8 nitrogen and oxygen atoms in total. The highest BCUT2D eigenvalue weighted by molar-refractivity contribution is 8.01. The Labute approximate surface area is 185 Å². The molecule has 4 aromatic rings. The number of rotatable bonds is 8. The maximum Gasteiger partial charge on any atom is 0.235 e. The third kappa shape index (κ3) is 5.21. The Kier molecular flexibility index (Phi) is 6.36. The van der Waals surface area contributed by atoms with Crippen LogP contribution in [0.25, 0.3) is 11.3 Å². The molecule has 0 saturated carbocycles. The van der Waals surface area contributed by atoms with Crippen molar-refractivity contribution in [1.82, 2.24) is 20.0 Å². The highest BCUT2D eigenvalue weighted by atomic mass is 35.5. The van der Waals surface area contributed by atoms with E-state index in [1.165, 1.54) is 23.1 Å². The van der Waals surface area contributed by atoms with Gasteiger partial charge in [-0.05, 0) is 24.3 Å². The van der Waals surface area contributed by atoms with Crippen molar-refractivity contribution in [2.45, 2.75) is 10.9 Å². The molecule has 0 aliphatic heterocycles. The number of halogens is 1. The number of aromatic nitrogens is 4. The van der Waals surface area contributed by atoms with Crippen molar-refractivity contribution in [2.75, 3.05) is 16.4 Å². The van der Waals surface area contributed by atoms with Gasteiger partial charge >= 0.3 is 0 Å². The molecule has 4 rings (SSSR count). The molecule has 0 bridgehead atoms. The van der Waals surface area contributed by atoms with Crippen LogP contribution in [0.1, 0.15) is 5.76 Å². The average Bonchev–Trinajstić information content (AvgIpc) is 3.48. The van der Waals surface area contributed by atoms with Gasteiger partial charge in [-0.15, -0.1) is 10.2 Å². The molecule has 1 aromatic carbocycles. The highest BCUT2D eigenvalue weighted by Gasteiger charge is 2.12. The van der Waals surface area contributed by atoms with Crippen LogP contribution in [0.3, 0.4) is 0 Å². The smallest absolute Gasteiger partial charge is 0.235 e. The number of aryl methyl sites for hydroxylation is 1. The number of carbonyl (C=O) groups excluding carboxylic acids is 1. The summed E-state index contributed by atoms with van der Waals surface area (Å²) in [6, 6.07) is 12.9. The van der Waals surface area contributed by atoms with Crippen LogP contribution in [0.4, 0.5) is 10.9 Å². The Hall–Kier alpha value is -2.82. The van der Waals surface area contributed by atoms with E-state index >= 15 is 0 Å². The molecule has 0 radical (unpaired) electrons. The molecule has 0 unspecified atom stereocenters. The van der Waals surface area contributed by atoms with E-state index in [1.54, 1.807) is 30.1 Å². The summed E-state index contributed by atoms with van der Waals surface area (Å²) in [5, 5.41) is 20.0. The molecule has 0 aliphatic carbocycles. The van der Waals surface area contributed by atoms with Crippen molar-refractivity contribution < 1.29 is 9.21 Å². The lowest BCUT2D eigenvalue weighted by Crippen LogP contribution is -2.16. The normalized spacial score (nSPS) is 10.9. The number of carbonyl (C=O) groups is 1. The second-order valence-corrected chi connectivity index (χ2v) is 8.82. The first-order valence-corrected chi connectivity index (χ1v) is 11.1. The molecule has 3 aromatic heterocycles. The van der Waals surface area contributed by atoms with E-state index in [2.05, 4.69) is 25.9 Å². The molecule has 2 N–H and O–H groups in total. The van der Waals surface area contributed by atoms with Gasteiger partial charge in [-0.25, -0.2) is 0 Å². The predicted octanol–water partition coefficient (Wildman–Crippen LogP) is 4.53. The second kappa shape index (κ2) is 9.33. The molecule has 11 heteroatoms. The summed E-state index contributed by atoms with van der Waals surface area (Å²) in [6.45, 7) is 0.531. The SMILES string of the molecule is Cn1nc(-c2ccc(Cl)cc2)cc1NC(=O)CSc1nnc(NCc2ccco2)s1. The number of anilines is 2. The maximum absolute atomic E-state index is 12.4. The van der Waals surface area contributed by atoms with E-state index in [4.69, 9.17) is 16.0 Å². The van der Waals surface area contributed by atoms with Gasteiger partial charge in [0.1, 0.15) is 11.6 Å². The Bertz CT molecular complexity index is 1120. The fraction of sp³-hybridized carbons (Fsp3) is 0.158. The molecule has 30 heavy (non-hydrogen) atoms. The van der Waals surface area contributed by atoms with Gasteiger partial charge in [-0.1, -0.05) is 46.8 Å². The van der Waals surface area contributed by atoms with Gasteiger partial charge in [-0.3, -0.25) is 9.48 Å². The van der Waals surface area contributed by atoms with Crippen LogP contribution < -0.4 is 10.6 Å². The van der Waals surface area contributed by atoms with Crippen molar-refractivity contribution in [3.05, 3.63) is 59.5 Å². The Morgan fingerprint density at radius 2 is 2.10 bits per heavy atom. The molecule has 154 valence electrons. The number of nitrogens with one attached hydrogen (secondary N) is 2. The topological polar surface area (TPSA) is 97.9 Å². The Morgan fingerprint density at radius 3 is 2.87 bits per heavy atom. The number of thioether (sulfide) groups is 1. The zero-order valence-corrected chi connectivity index (χ0v) is 18.2. The summed E-state index contributed by atoms with van der Waals surface area (Å²) < 4.78 is 7.61. The minimum atomic E-state index is -0.147. The number of hydrogen-bond acceptors (Lipinski definition) is 8. The minimum absolute atomic E-state index is 0.147. The lowest BCUT2D eigenvalue weighted by Gasteiger charge is -2.03. The predicted molar refractivity (Wildman–Crippen MR) is 119 cm³/mol. The number of nitrogens with zero attached hydrogens (tertiary/aromatic N) is 4. The second-order valence-electron chi connectivity index (χ2n) is 6.19. The van der Waals surface area contributed by atoms with Crippen molar-refractivity contribution in [3.63, 3.8) is 0 Å². The number of amides is 1. The van der Waals surface area contributed by atoms with E-state index in [0.29, 0.717) is 26.9 Å². The first kappa shape index (κ1) is 20.5. The molecule has 1 amide bonds. The number of hydrogen-bond donors (Lipinski definition) is 2. The third-order valence-electron chi connectivity index (χ3n) is 4.01. The fourth-order valence-corrected chi connectivity index (χ4v) is 4.24. The number of benzene rings is 1. The largest absolute Gasteiger partial charge is 0.467 e. The minimum Gasteiger partial charge on any atom is -0.467 e. The summed E-state index contributed by atoms with van der Waals surface area (Å²) in [7, 11) is 1.78. The summed E-state index contributed by atoms with van der Waals surface area (Å²) in [6.07, 6.45) is 1.62. The summed E-state index contributed by atoms with van der Waals surface area (Å²) in [5.74, 6) is 1.50. The molecule has 0 spiro atoms. The van der Waals surface area contributed by atoms with Crippen LogP contribution in [0.15, 0.2) is 57.5 Å². The Morgan fingerprint density at radius 1 is 1.27 bits per heavy atom. The van der Waals surface area contributed by atoms with Gasteiger partial charge in [-0.2, -0.15) is 5.10 Å². The first-order chi connectivity index (χ1) is 14.6. The van der Waals surface area contributed by atoms with E-state index in [1.807, 2.05) is 30.3 Å². The van der Waals surface area contributed by atoms with Crippen LogP contribution in [0.2, 0.25) is 5.02 Å². The summed E-state index contributed by atoms with van der Waals surface area (Å²) in [5.41, 5.74) is 1.68. The third-order valence-corrected chi connectivity index (χ3v) is 6.28. The van der Waals surface area contributed by atoms with E-state index in [0.717, 1.165) is 17.0 Å². The van der Waals surface area contributed by atoms with Crippen molar-refractivity contribution >= 4 is 51.6 Å². The van der Waals surface area contributed by atoms with Crippen LogP contribution in [0.5, 0.6) is 0 Å². The zero-order chi connectivity index (χ0) is 20.9. The maximum atomic E-state index is 12.4. The van der Waals surface area contributed by atoms with Crippen LogP contribution in [-0.4, -0.2) is 31.6 Å². The standard InChI is InChI=1S/C19H17ClN6O2S2/c1-26-16(9-15(25-26)12-4-6-13(20)7-5-12)22-17(27)11-29-19-24-23-18(30-19)21-10-14-3-2-8-28-14/h2-9H,10-11H2,1H3,(H,21,23)(H,22,27). The van der Waals surface area contributed by atoms with Crippen molar-refractivity contribution in [2.24, 2.45) is 7.05 Å². The van der Waals surface area contributed by atoms with Crippen molar-refractivity contribution in [3.8, 4) is 11.3 Å².